The number of nitrogens with zero attached hydrogens (tertiary/aromatic N) is 2. The van der Waals surface area contributed by atoms with Gasteiger partial charge >= 0.3 is 0 Å². The van der Waals surface area contributed by atoms with Gasteiger partial charge in [0, 0.05) is 38.3 Å². The van der Waals surface area contributed by atoms with Crippen LogP contribution in [-0.4, -0.2) is 9.13 Å². The van der Waals surface area contributed by atoms with E-state index in [1.54, 1.807) is 0 Å². The van der Waals surface area contributed by atoms with Crippen LogP contribution in [0.5, 0.6) is 0 Å². The van der Waals surface area contributed by atoms with Gasteiger partial charge in [0.05, 0.1) is 16.6 Å². The average Bonchev–Trinajstić information content (AvgIpc) is 3.43. The van der Waals surface area contributed by atoms with Crippen LogP contribution in [0.15, 0.2) is 97.1 Å². The van der Waals surface area contributed by atoms with E-state index in [4.69, 9.17) is 0 Å². The maximum Gasteiger partial charge on any atom is 0.0675 e. The molecule has 0 saturated heterocycles. The number of rotatable bonds is 6. The molecule has 2 nitrogen and oxygen atoms in total. The first-order chi connectivity index (χ1) is 17.6. The van der Waals surface area contributed by atoms with E-state index in [-0.39, 0.29) is 5.54 Å². The van der Waals surface area contributed by atoms with Crippen molar-refractivity contribution in [3.63, 3.8) is 0 Å². The van der Waals surface area contributed by atoms with Crippen LogP contribution >= 0.6 is 0 Å². The standard InChI is InChI=1S/C34H34N2/c1-5-22-34(4,36-32-18-12-9-14-26(32)27-15-10-13-19-33(27)36)24-20-21-31-29(23-24)28-16-8-11-17-30(28)35(31)25(6-2)7-3/h6,8-21,23H,5,7,22H2,1-4H3/b25-6-. The smallest absolute Gasteiger partial charge is 0.0675 e. The van der Waals surface area contributed by atoms with Gasteiger partial charge in [0.15, 0.2) is 0 Å². The van der Waals surface area contributed by atoms with Crippen molar-refractivity contribution in [3.05, 3.63) is 103 Å². The average molecular weight is 471 g/mol. The molecule has 2 aromatic heterocycles. The Morgan fingerprint density at radius 3 is 1.78 bits per heavy atom. The first kappa shape index (κ1) is 22.7. The Morgan fingerprint density at radius 2 is 1.22 bits per heavy atom. The zero-order chi connectivity index (χ0) is 24.9. The van der Waals surface area contributed by atoms with Gasteiger partial charge in [-0.25, -0.2) is 0 Å². The minimum absolute atomic E-state index is 0.178. The highest BCUT2D eigenvalue weighted by Crippen LogP contribution is 2.42. The van der Waals surface area contributed by atoms with Gasteiger partial charge in [-0.15, -0.1) is 0 Å². The Labute approximate surface area is 213 Å². The Balaban J connectivity index is 1.69. The SMILES string of the molecule is C/C=C(/CC)n1c2ccccc2c2cc(C(C)(CCC)n3c4ccccc4c4ccccc43)ccc21. The highest BCUT2D eigenvalue weighted by molar-refractivity contribution is 6.11. The second-order valence-corrected chi connectivity index (χ2v) is 10.1. The summed E-state index contributed by atoms with van der Waals surface area (Å²) in [6.45, 7) is 9.12. The van der Waals surface area contributed by atoms with Crippen LogP contribution in [0.4, 0.5) is 0 Å². The molecule has 4 aromatic carbocycles. The van der Waals surface area contributed by atoms with Crippen LogP contribution in [0.25, 0.3) is 49.3 Å². The van der Waals surface area contributed by atoms with Crippen molar-refractivity contribution in [2.45, 2.75) is 52.5 Å². The van der Waals surface area contributed by atoms with Crippen LogP contribution in [0.3, 0.4) is 0 Å². The Kier molecular flexibility index (Phi) is 5.48. The zero-order valence-electron chi connectivity index (χ0n) is 21.8. The van der Waals surface area contributed by atoms with E-state index in [1.165, 1.54) is 54.9 Å². The van der Waals surface area contributed by atoms with Crippen LogP contribution in [0.2, 0.25) is 0 Å². The molecule has 1 atom stereocenters. The van der Waals surface area contributed by atoms with Gasteiger partial charge in [-0.1, -0.05) is 87.0 Å². The quantitative estimate of drug-likeness (QED) is 0.229. The molecule has 180 valence electrons. The number of para-hydroxylation sites is 3. The van der Waals surface area contributed by atoms with Gasteiger partial charge in [-0.3, -0.25) is 0 Å². The number of fused-ring (bicyclic) bond motifs is 6. The van der Waals surface area contributed by atoms with E-state index >= 15 is 0 Å². The number of benzene rings is 4. The molecule has 6 rings (SSSR count). The molecule has 0 radical (unpaired) electrons. The first-order valence-electron chi connectivity index (χ1n) is 13.3. The normalized spacial score (nSPS) is 14.3. The van der Waals surface area contributed by atoms with Gasteiger partial charge in [-0.05, 0) is 62.6 Å². The third-order valence-electron chi connectivity index (χ3n) is 8.09. The number of hydrogen-bond donors (Lipinski definition) is 0. The summed E-state index contributed by atoms with van der Waals surface area (Å²) < 4.78 is 5.05. The van der Waals surface area contributed by atoms with Crippen LogP contribution in [-0.2, 0) is 5.54 Å². The van der Waals surface area contributed by atoms with E-state index in [1.807, 2.05) is 0 Å². The minimum atomic E-state index is -0.178. The fraction of sp³-hybridized carbons (Fsp3) is 0.235. The van der Waals surface area contributed by atoms with Crippen molar-refractivity contribution < 1.29 is 0 Å². The van der Waals surface area contributed by atoms with Crippen molar-refractivity contribution in [3.8, 4) is 0 Å². The molecule has 0 aliphatic heterocycles. The van der Waals surface area contributed by atoms with Gasteiger partial charge in [0.1, 0.15) is 0 Å². The molecule has 2 heterocycles. The van der Waals surface area contributed by atoms with Crippen molar-refractivity contribution in [1.29, 1.82) is 0 Å². The van der Waals surface area contributed by atoms with E-state index in [0.717, 1.165) is 19.3 Å². The van der Waals surface area contributed by atoms with Crippen LogP contribution in [0, 0.1) is 0 Å². The molecular formula is C34H34N2. The lowest BCUT2D eigenvalue weighted by Gasteiger charge is -2.34. The molecule has 0 spiro atoms. The Morgan fingerprint density at radius 1 is 0.694 bits per heavy atom. The maximum atomic E-state index is 2.60. The second kappa shape index (κ2) is 8.71. The first-order valence-corrected chi connectivity index (χ1v) is 13.3. The van der Waals surface area contributed by atoms with Gasteiger partial charge in [0.2, 0.25) is 0 Å². The summed E-state index contributed by atoms with van der Waals surface area (Å²) in [7, 11) is 0. The molecule has 0 saturated carbocycles. The highest BCUT2D eigenvalue weighted by Gasteiger charge is 2.32. The highest BCUT2D eigenvalue weighted by atomic mass is 15.1. The Bertz CT molecular complexity index is 1710. The summed E-state index contributed by atoms with van der Waals surface area (Å²) in [6, 6.07) is 33.8. The monoisotopic (exact) mass is 470 g/mol. The number of hydrogen-bond acceptors (Lipinski definition) is 0. The van der Waals surface area contributed by atoms with E-state index in [0.29, 0.717) is 0 Å². The molecule has 0 N–H and O–H groups in total. The molecule has 0 amide bonds. The lowest BCUT2D eigenvalue weighted by Crippen LogP contribution is -2.31. The predicted molar refractivity (Wildman–Crippen MR) is 157 cm³/mol. The molecule has 1 unspecified atom stereocenters. The summed E-state index contributed by atoms with van der Waals surface area (Å²) in [5.41, 5.74) is 7.71. The predicted octanol–water partition coefficient (Wildman–Crippen LogP) is 9.74. The summed E-state index contributed by atoms with van der Waals surface area (Å²) in [5, 5.41) is 5.31. The fourth-order valence-electron chi connectivity index (χ4n) is 6.43. The van der Waals surface area contributed by atoms with Gasteiger partial charge in [-0.2, -0.15) is 0 Å². The molecule has 0 bridgehead atoms. The molecule has 0 fully saturated rings. The van der Waals surface area contributed by atoms with Gasteiger partial charge < -0.3 is 9.13 Å². The zero-order valence-corrected chi connectivity index (χ0v) is 21.8. The molecule has 36 heavy (non-hydrogen) atoms. The number of aromatic nitrogens is 2. The summed E-state index contributed by atoms with van der Waals surface area (Å²) in [4.78, 5) is 0. The molecule has 6 aromatic rings. The number of allylic oxidation sites excluding steroid dienone is 2. The van der Waals surface area contributed by atoms with Crippen LogP contribution < -0.4 is 0 Å². The van der Waals surface area contributed by atoms with Crippen molar-refractivity contribution in [2.24, 2.45) is 0 Å². The van der Waals surface area contributed by atoms with Crippen LogP contribution in [0.1, 0.15) is 52.5 Å². The third-order valence-corrected chi connectivity index (χ3v) is 8.09. The minimum Gasteiger partial charge on any atom is -0.330 e. The summed E-state index contributed by atoms with van der Waals surface area (Å²) in [6.07, 6.45) is 5.42. The molecule has 0 aliphatic carbocycles. The van der Waals surface area contributed by atoms with Crippen molar-refractivity contribution in [2.75, 3.05) is 0 Å². The van der Waals surface area contributed by atoms with Gasteiger partial charge in [0.25, 0.3) is 0 Å². The largest absolute Gasteiger partial charge is 0.330 e. The lowest BCUT2D eigenvalue weighted by atomic mass is 9.86. The molecular weight excluding hydrogens is 436 g/mol. The second-order valence-electron chi connectivity index (χ2n) is 10.1. The summed E-state index contributed by atoms with van der Waals surface area (Å²) >= 11 is 0. The summed E-state index contributed by atoms with van der Waals surface area (Å²) in [5.74, 6) is 0. The third kappa shape index (κ3) is 3.17. The Hall–Kier alpha value is -3.78. The lowest BCUT2D eigenvalue weighted by molar-refractivity contribution is 0.380. The maximum absolute atomic E-state index is 2.60. The van der Waals surface area contributed by atoms with E-state index < -0.39 is 0 Å². The van der Waals surface area contributed by atoms with E-state index in [9.17, 15) is 0 Å². The fourth-order valence-corrected chi connectivity index (χ4v) is 6.43. The van der Waals surface area contributed by atoms with E-state index in [2.05, 4.69) is 134 Å². The molecule has 2 heteroatoms. The van der Waals surface area contributed by atoms with Crippen molar-refractivity contribution >= 4 is 49.3 Å². The molecule has 0 aliphatic rings. The van der Waals surface area contributed by atoms with Crippen molar-refractivity contribution in [1.82, 2.24) is 9.13 Å². The topological polar surface area (TPSA) is 9.86 Å².